The lowest BCUT2D eigenvalue weighted by Gasteiger charge is -2.39. The van der Waals surface area contributed by atoms with E-state index in [-0.39, 0.29) is 35.3 Å². The van der Waals surface area contributed by atoms with E-state index in [1.54, 1.807) is 9.80 Å². The molecular weight excluding hydrogens is 456 g/mol. The fourth-order valence-electron chi connectivity index (χ4n) is 6.41. The highest BCUT2D eigenvalue weighted by Crippen LogP contribution is 2.41. The molecule has 5 rings (SSSR count). The van der Waals surface area contributed by atoms with Gasteiger partial charge in [0.05, 0.1) is 24.7 Å². The van der Waals surface area contributed by atoms with Crippen molar-refractivity contribution in [1.29, 1.82) is 0 Å². The lowest BCUT2D eigenvalue weighted by molar-refractivity contribution is -0.145. The van der Waals surface area contributed by atoms with E-state index in [2.05, 4.69) is 0 Å². The highest BCUT2D eigenvalue weighted by molar-refractivity contribution is 5.98. The standard InChI is InChI=1S/C26H33F2N3O4/c27-19-7-8-20(21(28)15-19)25(33)31-22-6-2-1-4-17(22)14-23(31)26(34)30-9-3-5-18(16-30)24(32)29-10-12-35-13-11-29/h7-8,15,17-18,22-23H,1-6,9-14,16H2/t17-,18?,22-,23-/m0/s1. The molecule has 190 valence electrons. The highest BCUT2D eigenvalue weighted by Gasteiger charge is 2.49. The van der Waals surface area contributed by atoms with Gasteiger partial charge in [0, 0.05) is 38.3 Å². The number of nitrogens with zero attached hydrogens (tertiary/aromatic N) is 3. The second-order valence-corrected chi connectivity index (χ2v) is 10.3. The Morgan fingerprint density at radius 2 is 1.66 bits per heavy atom. The molecule has 1 aromatic rings. The van der Waals surface area contributed by atoms with Gasteiger partial charge in [-0.05, 0) is 50.2 Å². The van der Waals surface area contributed by atoms with Crippen LogP contribution in [0.5, 0.6) is 0 Å². The molecule has 3 amide bonds. The smallest absolute Gasteiger partial charge is 0.257 e. The fourth-order valence-corrected chi connectivity index (χ4v) is 6.41. The zero-order valence-corrected chi connectivity index (χ0v) is 20.0. The second kappa shape index (κ2) is 10.2. The maximum Gasteiger partial charge on any atom is 0.257 e. The van der Waals surface area contributed by atoms with E-state index in [4.69, 9.17) is 4.74 Å². The van der Waals surface area contributed by atoms with Crippen LogP contribution in [0.1, 0.15) is 55.3 Å². The summed E-state index contributed by atoms with van der Waals surface area (Å²) in [5.74, 6) is -2.36. The summed E-state index contributed by atoms with van der Waals surface area (Å²) in [6.07, 6.45) is 5.73. The summed E-state index contributed by atoms with van der Waals surface area (Å²) < 4.78 is 33.4. The molecule has 7 nitrogen and oxygen atoms in total. The van der Waals surface area contributed by atoms with Gasteiger partial charge in [-0.3, -0.25) is 14.4 Å². The minimum absolute atomic E-state index is 0.0622. The average molecular weight is 490 g/mol. The van der Waals surface area contributed by atoms with Crippen molar-refractivity contribution in [3.63, 3.8) is 0 Å². The number of morpholine rings is 1. The molecule has 4 atom stereocenters. The summed E-state index contributed by atoms with van der Waals surface area (Å²) in [5.41, 5.74) is -0.200. The van der Waals surface area contributed by atoms with Crippen molar-refractivity contribution in [2.75, 3.05) is 39.4 Å². The molecule has 35 heavy (non-hydrogen) atoms. The second-order valence-electron chi connectivity index (χ2n) is 10.3. The van der Waals surface area contributed by atoms with E-state index in [1.807, 2.05) is 4.90 Å². The van der Waals surface area contributed by atoms with Crippen LogP contribution in [-0.2, 0) is 14.3 Å². The lowest BCUT2D eigenvalue weighted by Crippen LogP contribution is -2.54. The number of amides is 3. The summed E-state index contributed by atoms with van der Waals surface area (Å²) in [6, 6.07) is 2.16. The molecule has 0 N–H and O–H groups in total. The lowest BCUT2D eigenvalue weighted by atomic mass is 9.84. The third kappa shape index (κ3) is 4.79. The Kier molecular flexibility index (Phi) is 7.05. The normalized spacial score (nSPS) is 29.1. The molecule has 4 fully saturated rings. The third-order valence-electron chi connectivity index (χ3n) is 8.17. The molecule has 0 spiro atoms. The van der Waals surface area contributed by atoms with Gasteiger partial charge in [-0.1, -0.05) is 12.8 Å². The zero-order valence-electron chi connectivity index (χ0n) is 20.0. The number of piperidine rings is 1. The molecule has 0 radical (unpaired) electrons. The first-order valence-electron chi connectivity index (χ1n) is 12.9. The van der Waals surface area contributed by atoms with E-state index < -0.39 is 23.6 Å². The molecule has 1 aromatic carbocycles. The van der Waals surface area contributed by atoms with E-state index in [1.165, 1.54) is 6.07 Å². The summed E-state index contributed by atoms with van der Waals surface area (Å²) in [4.78, 5) is 45.5. The van der Waals surface area contributed by atoms with Crippen LogP contribution >= 0.6 is 0 Å². The van der Waals surface area contributed by atoms with Crippen LogP contribution in [0.3, 0.4) is 0 Å². The Labute approximate surface area is 204 Å². The van der Waals surface area contributed by atoms with Crippen LogP contribution in [0.25, 0.3) is 0 Å². The number of ether oxygens (including phenoxy) is 1. The van der Waals surface area contributed by atoms with E-state index in [9.17, 15) is 23.2 Å². The molecule has 3 heterocycles. The molecule has 1 unspecified atom stereocenters. The molecule has 1 saturated carbocycles. The van der Waals surface area contributed by atoms with E-state index in [0.717, 1.165) is 44.6 Å². The Bertz CT molecular complexity index is 983. The van der Waals surface area contributed by atoms with Gasteiger partial charge in [-0.15, -0.1) is 0 Å². The Balaban J connectivity index is 1.35. The molecular formula is C26H33F2N3O4. The molecule has 3 saturated heterocycles. The van der Waals surface area contributed by atoms with Crippen LogP contribution in [0.15, 0.2) is 18.2 Å². The van der Waals surface area contributed by atoms with Crippen molar-refractivity contribution in [3.05, 3.63) is 35.4 Å². The summed E-state index contributed by atoms with van der Waals surface area (Å²) in [7, 11) is 0. The number of rotatable bonds is 3. The predicted molar refractivity (Wildman–Crippen MR) is 123 cm³/mol. The number of benzene rings is 1. The quantitative estimate of drug-likeness (QED) is 0.655. The summed E-state index contributed by atoms with van der Waals surface area (Å²) >= 11 is 0. The van der Waals surface area contributed by atoms with Gasteiger partial charge in [-0.2, -0.15) is 0 Å². The first-order valence-corrected chi connectivity index (χ1v) is 12.9. The molecule has 4 aliphatic rings. The van der Waals surface area contributed by atoms with Crippen LogP contribution in [-0.4, -0.2) is 83.9 Å². The van der Waals surface area contributed by atoms with Crippen LogP contribution in [0, 0.1) is 23.5 Å². The fraction of sp³-hybridized carbons (Fsp3) is 0.654. The van der Waals surface area contributed by atoms with Crippen LogP contribution in [0.4, 0.5) is 8.78 Å². The van der Waals surface area contributed by atoms with E-state index >= 15 is 0 Å². The first-order chi connectivity index (χ1) is 16.9. The Morgan fingerprint density at radius 3 is 2.43 bits per heavy atom. The van der Waals surface area contributed by atoms with Crippen molar-refractivity contribution < 1.29 is 27.9 Å². The number of hydrogen-bond donors (Lipinski definition) is 0. The first kappa shape index (κ1) is 24.2. The summed E-state index contributed by atoms with van der Waals surface area (Å²) in [6.45, 7) is 3.09. The SMILES string of the molecule is O=C(C1CCCN(C(=O)[C@@H]2C[C@@H]3CCCC[C@@H]3N2C(=O)c2ccc(F)cc2F)C1)N1CCOCC1. The zero-order chi connectivity index (χ0) is 24.5. The summed E-state index contributed by atoms with van der Waals surface area (Å²) in [5, 5.41) is 0. The van der Waals surface area contributed by atoms with Crippen LogP contribution in [0.2, 0.25) is 0 Å². The number of carbonyl (C=O) groups excluding carboxylic acids is 3. The highest BCUT2D eigenvalue weighted by atomic mass is 19.1. The van der Waals surface area contributed by atoms with Gasteiger partial charge in [0.15, 0.2) is 0 Å². The van der Waals surface area contributed by atoms with Crippen LogP contribution < -0.4 is 0 Å². The number of likely N-dealkylation sites (tertiary alicyclic amines) is 2. The topological polar surface area (TPSA) is 70.2 Å². The molecule has 9 heteroatoms. The maximum absolute atomic E-state index is 14.5. The molecule has 3 aliphatic heterocycles. The minimum atomic E-state index is -0.908. The van der Waals surface area contributed by atoms with Gasteiger partial charge in [0.25, 0.3) is 5.91 Å². The van der Waals surface area contributed by atoms with Gasteiger partial charge < -0.3 is 19.4 Å². The predicted octanol–water partition coefficient (Wildman–Crippen LogP) is 2.84. The average Bonchev–Trinajstić information content (AvgIpc) is 3.27. The molecule has 1 aliphatic carbocycles. The Hall–Kier alpha value is -2.55. The molecule has 0 aromatic heterocycles. The van der Waals surface area contributed by atoms with Crippen molar-refractivity contribution in [1.82, 2.24) is 14.7 Å². The van der Waals surface area contributed by atoms with Gasteiger partial charge in [-0.25, -0.2) is 8.78 Å². The number of halogens is 2. The van der Waals surface area contributed by atoms with E-state index in [0.29, 0.717) is 51.9 Å². The van der Waals surface area contributed by atoms with Gasteiger partial charge in [0.1, 0.15) is 17.7 Å². The van der Waals surface area contributed by atoms with Gasteiger partial charge in [0.2, 0.25) is 11.8 Å². The Morgan fingerprint density at radius 1 is 0.886 bits per heavy atom. The van der Waals surface area contributed by atoms with Crippen molar-refractivity contribution >= 4 is 17.7 Å². The minimum Gasteiger partial charge on any atom is -0.378 e. The van der Waals surface area contributed by atoms with Crippen molar-refractivity contribution in [2.24, 2.45) is 11.8 Å². The van der Waals surface area contributed by atoms with Crippen molar-refractivity contribution in [3.8, 4) is 0 Å². The number of fused-ring (bicyclic) bond motifs is 1. The largest absolute Gasteiger partial charge is 0.378 e. The molecule has 0 bridgehead atoms. The monoisotopic (exact) mass is 489 g/mol. The van der Waals surface area contributed by atoms with Gasteiger partial charge >= 0.3 is 0 Å². The third-order valence-corrected chi connectivity index (χ3v) is 8.17. The van der Waals surface area contributed by atoms with Crippen molar-refractivity contribution in [2.45, 2.75) is 57.0 Å². The number of hydrogen-bond acceptors (Lipinski definition) is 4. The maximum atomic E-state index is 14.5. The number of carbonyl (C=O) groups is 3.